The van der Waals surface area contributed by atoms with Gasteiger partial charge in [-0.05, 0) is 5.56 Å². The molecule has 0 bridgehead atoms. The van der Waals surface area contributed by atoms with Gasteiger partial charge in [-0.1, -0.05) is 30.3 Å². The fourth-order valence-electron chi connectivity index (χ4n) is 1.35. The van der Waals surface area contributed by atoms with Crippen LogP contribution in [0.2, 0.25) is 0 Å². The van der Waals surface area contributed by atoms with E-state index >= 15 is 0 Å². The molecular formula is C10H10N4O2. The smallest absolute Gasteiger partial charge is 0.332 e. The standard InChI is InChI=1S/C10H10N4O2/c11-14-9(15)8(12-13-10(14)16)6-7-4-2-1-3-5-7/h1-5H,6,11H2,(H,13,16). The van der Waals surface area contributed by atoms with Gasteiger partial charge in [0.15, 0.2) is 0 Å². The van der Waals surface area contributed by atoms with Crippen molar-refractivity contribution in [2.24, 2.45) is 0 Å². The Hall–Kier alpha value is -2.37. The fraction of sp³-hybridized carbons (Fsp3) is 0.100. The van der Waals surface area contributed by atoms with Crippen LogP contribution in [-0.4, -0.2) is 14.9 Å². The van der Waals surface area contributed by atoms with Gasteiger partial charge in [0.1, 0.15) is 5.69 Å². The Kier molecular flexibility index (Phi) is 2.55. The molecule has 0 spiro atoms. The molecule has 0 unspecified atom stereocenters. The van der Waals surface area contributed by atoms with E-state index in [0.717, 1.165) is 5.56 Å². The molecule has 0 saturated heterocycles. The lowest BCUT2D eigenvalue weighted by molar-refractivity contribution is 0.733. The number of aromatic nitrogens is 3. The van der Waals surface area contributed by atoms with E-state index < -0.39 is 11.2 Å². The number of nitrogens with one attached hydrogen (secondary N) is 1. The average molecular weight is 218 g/mol. The Morgan fingerprint density at radius 3 is 2.62 bits per heavy atom. The van der Waals surface area contributed by atoms with Crippen LogP contribution in [0, 0.1) is 0 Å². The second-order valence-electron chi connectivity index (χ2n) is 3.31. The Labute approximate surface area is 90.3 Å². The van der Waals surface area contributed by atoms with Gasteiger partial charge < -0.3 is 5.84 Å². The molecule has 0 amide bonds. The number of nitrogen functional groups attached to an aromatic ring is 1. The van der Waals surface area contributed by atoms with Crippen LogP contribution >= 0.6 is 0 Å². The lowest BCUT2D eigenvalue weighted by Gasteiger charge is -2.01. The van der Waals surface area contributed by atoms with E-state index in [1.165, 1.54) is 0 Å². The first-order valence-corrected chi connectivity index (χ1v) is 4.68. The summed E-state index contributed by atoms with van der Waals surface area (Å²) in [6, 6.07) is 9.34. The number of hydrogen-bond acceptors (Lipinski definition) is 4. The van der Waals surface area contributed by atoms with Gasteiger partial charge in [0.25, 0.3) is 5.56 Å². The second kappa shape index (κ2) is 4.01. The number of rotatable bonds is 2. The maximum absolute atomic E-state index is 11.5. The normalized spacial score (nSPS) is 10.2. The van der Waals surface area contributed by atoms with E-state index in [-0.39, 0.29) is 5.69 Å². The van der Waals surface area contributed by atoms with Gasteiger partial charge in [-0.3, -0.25) is 4.79 Å². The van der Waals surface area contributed by atoms with E-state index in [1.807, 2.05) is 30.3 Å². The number of nitrogens with two attached hydrogens (primary N) is 1. The summed E-state index contributed by atoms with van der Waals surface area (Å²) in [5.74, 6) is 5.26. The van der Waals surface area contributed by atoms with Crippen molar-refractivity contribution in [2.45, 2.75) is 6.42 Å². The van der Waals surface area contributed by atoms with Gasteiger partial charge >= 0.3 is 5.69 Å². The molecule has 0 radical (unpaired) electrons. The highest BCUT2D eigenvalue weighted by Crippen LogP contribution is 2.01. The van der Waals surface area contributed by atoms with E-state index in [1.54, 1.807) is 0 Å². The van der Waals surface area contributed by atoms with Crippen LogP contribution in [-0.2, 0) is 6.42 Å². The minimum absolute atomic E-state index is 0.216. The molecule has 6 nitrogen and oxygen atoms in total. The Morgan fingerprint density at radius 1 is 1.25 bits per heavy atom. The van der Waals surface area contributed by atoms with Gasteiger partial charge in [0, 0.05) is 6.42 Å². The van der Waals surface area contributed by atoms with Crippen molar-refractivity contribution in [3.05, 3.63) is 62.4 Å². The first-order valence-electron chi connectivity index (χ1n) is 4.68. The molecule has 2 rings (SSSR count). The first-order chi connectivity index (χ1) is 7.68. The lowest BCUT2D eigenvalue weighted by atomic mass is 10.1. The van der Waals surface area contributed by atoms with Crippen LogP contribution in [0.5, 0.6) is 0 Å². The molecule has 0 aliphatic rings. The molecule has 0 atom stereocenters. The van der Waals surface area contributed by atoms with E-state index in [9.17, 15) is 9.59 Å². The number of H-pyrrole nitrogens is 1. The highest BCUT2D eigenvalue weighted by atomic mass is 16.2. The summed E-state index contributed by atoms with van der Waals surface area (Å²) in [7, 11) is 0. The third-order valence-electron chi connectivity index (χ3n) is 2.19. The Morgan fingerprint density at radius 2 is 1.94 bits per heavy atom. The number of hydrogen-bond donors (Lipinski definition) is 2. The van der Waals surface area contributed by atoms with Crippen molar-refractivity contribution in [3.63, 3.8) is 0 Å². The van der Waals surface area contributed by atoms with Gasteiger partial charge in [0.2, 0.25) is 0 Å². The molecule has 1 heterocycles. The third kappa shape index (κ3) is 1.85. The maximum atomic E-state index is 11.5. The average Bonchev–Trinajstić information content (AvgIpc) is 2.31. The van der Waals surface area contributed by atoms with Crippen molar-refractivity contribution < 1.29 is 0 Å². The summed E-state index contributed by atoms with van der Waals surface area (Å²) in [5.41, 5.74) is -0.151. The summed E-state index contributed by atoms with van der Waals surface area (Å²) in [6.45, 7) is 0. The van der Waals surface area contributed by atoms with Crippen LogP contribution in [0.1, 0.15) is 11.3 Å². The van der Waals surface area contributed by atoms with Crippen molar-refractivity contribution in [1.82, 2.24) is 14.9 Å². The summed E-state index contributed by atoms with van der Waals surface area (Å²) in [4.78, 5) is 22.5. The zero-order valence-electron chi connectivity index (χ0n) is 8.38. The zero-order chi connectivity index (χ0) is 11.5. The molecule has 1 aromatic carbocycles. The lowest BCUT2D eigenvalue weighted by Crippen LogP contribution is -2.43. The van der Waals surface area contributed by atoms with Crippen molar-refractivity contribution in [3.8, 4) is 0 Å². The quantitative estimate of drug-likeness (QED) is 0.647. The van der Waals surface area contributed by atoms with Crippen LogP contribution in [0.3, 0.4) is 0 Å². The summed E-state index contributed by atoms with van der Waals surface area (Å²) < 4.78 is 0.519. The Balaban J connectivity index is 2.41. The molecule has 2 aromatic rings. The monoisotopic (exact) mass is 218 g/mol. The van der Waals surface area contributed by atoms with Crippen LogP contribution < -0.4 is 17.1 Å². The predicted octanol–water partition coefficient (Wildman–Crippen LogP) is -0.764. The second-order valence-corrected chi connectivity index (χ2v) is 3.31. The third-order valence-corrected chi connectivity index (χ3v) is 2.19. The molecule has 0 aliphatic carbocycles. The van der Waals surface area contributed by atoms with E-state index in [2.05, 4.69) is 10.2 Å². The Bertz CT molecular complexity index is 600. The maximum Gasteiger partial charge on any atom is 0.363 e. The van der Waals surface area contributed by atoms with E-state index in [0.29, 0.717) is 11.1 Å². The molecule has 0 aliphatic heterocycles. The highest BCUT2D eigenvalue weighted by Gasteiger charge is 2.06. The summed E-state index contributed by atoms with van der Waals surface area (Å²) in [5, 5.41) is 5.84. The van der Waals surface area contributed by atoms with Crippen LogP contribution in [0.4, 0.5) is 0 Å². The summed E-state index contributed by atoms with van der Waals surface area (Å²) in [6.07, 6.45) is 0.341. The topological polar surface area (TPSA) is 93.8 Å². The van der Waals surface area contributed by atoms with Gasteiger partial charge in [0.05, 0.1) is 0 Å². The van der Waals surface area contributed by atoms with Gasteiger partial charge in [-0.25, -0.2) is 9.89 Å². The minimum Gasteiger partial charge on any atom is -0.332 e. The molecule has 1 aromatic heterocycles. The largest absolute Gasteiger partial charge is 0.363 e. The van der Waals surface area contributed by atoms with Gasteiger partial charge in [-0.2, -0.15) is 9.77 Å². The molecule has 0 fully saturated rings. The molecule has 3 N–H and O–H groups in total. The molecule has 0 saturated carbocycles. The molecule has 82 valence electrons. The predicted molar refractivity (Wildman–Crippen MR) is 58.5 cm³/mol. The van der Waals surface area contributed by atoms with Crippen LogP contribution in [0.25, 0.3) is 0 Å². The van der Waals surface area contributed by atoms with Gasteiger partial charge in [-0.15, -0.1) is 0 Å². The molecular weight excluding hydrogens is 208 g/mol. The number of benzene rings is 1. The zero-order valence-corrected chi connectivity index (χ0v) is 8.38. The summed E-state index contributed by atoms with van der Waals surface area (Å²) >= 11 is 0. The SMILES string of the molecule is Nn1c(=O)[nH]nc(Cc2ccccc2)c1=O. The minimum atomic E-state index is -0.721. The first kappa shape index (κ1) is 10.2. The number of nitrogens with zero attached hydrogens (tertiary/aromatic N) is 2. The molecule has 6 heteroatoms. The van der Waals surface area contributed by atoms with Crippen molar-refractivity contribution >= 4 is 0 Å². The highest BCUT2D eigenvalue weighted by molar-refractivity contribution is 5.19. The van der Waals surface area contributed by atoms with Crippen molar-refractivity contribution in [2.75, 3.05) is 5.84 Å². The van der Waals surface area contributed by atoms with Crippen molar-refractivity contribution in [1.29, 1.82) is 0 Å². The molecule has 16 heavy (non-hydrogen) atoms. The van der Waals surface area contributed by atoms with E-state index in [4.69, 9.17) is 5.84 Å². The fourth-order valence-corrected chi connectivity index (χ4v) is 1.35. The number of aromatic amines is 1. The van der Waals surface area contributed by atoms with Crippen LogP contribution in [0.15, 0.2) is 39.9 Å².